The number of ether oxygens (including phenoxy) is 1. The molecular formula is C15H26ClN3O3. The van der Waals surface area contributed by atoms with E-state index in [1.165, 1.54) is 0 Å². The Morgan fingerprint density at radius 3 is 2.86 bits per heavy atom. The first-order valence-electron chi connectivity index (χ1n) is 8.13. The third-order valence-electron chi connectivity index (χ3n) is 4.74. The summed E-state index contributed by atoms with van der Waals surface area (Å²) in [6.07, 6.45) is 4.67. The van der Waals surface area contributed by atoms with E-state index in [2.05, 4.69) is 5.32 Å². The van der Waals surface area contributed by atoms with Crippen LogP contribution in [0.5, 0.6) is 0 Å². The standard InChI is InChI=1S/C15H25N3O3.ClH/c19-14(9-13-4-2-8-21-13)17-6-1-3-12(11-17)18-7-5-16-10-15(18)20;/h12-13,16H,1-11H2;1H. The average molecular weight is 332 g/mol. The van der Waals surface area contributed by atoms with E-state index in [4.69, 9.17) is 4.74 Å². The van der Waals surface area contributed by atoms with E-state index in [1.54, 1.807) is 0 Å². The van der Waals surface area contributed by atoms with Crippen LogP contribution in [-0.4, -0.2) is 73.1 Å². The van der Waals surface area contributed by atoms with Crippen molar-refractivity contribution in [1.29, 1.82) is 0 Å². The number of hydrogen-bond donors (Lipinski definition) is 1. The first-order valence-corrected chi connectivity index (χ1v) is 8.13. The summed E-state index contributed by atoms with van der Waals surface area (Å²) >= 11 is 0. The minimum atomic E-state index is 0. The van der Waals surface area contributed by atoms with E-state index < -0.39 is 0 Å². The summed E-state index contributed by atoms with van der Waals surface area (Å²) in [6.45, 7) is 4.35. The molecule has 3 saturated heterocycles. The fraction of sp³-hybridized carbons (Fsp3) is 0.867. The molecule has 2 atom stereocenters. The van der Waals surface area contributed by atoms with E-state index >= 15 is 0 Å². The molecule has 1 N–H and O–H groups in total. The number of rotatable bonds is 3. The SMILES string of the molecule is Cl.O=C(CC1CCCO1)N1CCCC(N2CCNCC2=O)C1. The molecule has 0 bridgehead atoms. The molecule has 22 heavy (non-hydrogen) atoms. The average Bonchev–Trinajstić information content (AvgIpc) is 3.01. The summed E-state index contributed by atoms with van der Waals surface area (Å²) in [5.74, 6) is 0.355. The number of hydrogen-bond acceptors (Lipinski definition) is 4. The Bertz CT molecular complexity index is 401. The first kappa shape index (κ1) is 17.5. The van der Waals surface area contributed by atoms with Crippen LogP contribution in [0.2, 0.25) is 0 Å². The number of piperidine rings is 1. The van der Waals surface area contributed by atoms with Gasteiger partial charge in [-0.25, -0.2) is 0 Å². The third-order valence-corrected chi connectivity index (χ3v) is 4.74. The van der Waals surface area contributed by atoms with Gasteiger partial charge in [0.05, 0.1) is 19.1 Å². The second-order valence-electron chi connectivity index (χ2n) is 6.24. The maximum atomic E-state index is 12.4. The molecular weight excluding hydrogens is 306 g/mol. The molecule has 2 unspecified atom stereocenters. The number of nitrogens with zero attached hydrogens (tertiary/aromatic N) is 2. The van der Waals surface area contributed by atoms with Gasteiger partial charge in [-0.1, -0.05) is 0 Å². The van der Waals surface area contributed by atoms with Gasteiger partial charge < -0.3 is 19.9 Å². The van der Waals surface area contributed by atoms with Crippen LogP contribution in [0.25, 0.3) is 0 Å². The highest BCUT2D eigenvalue weighted by Crippen LogP contribution is 2.21. The summed E-state index contributed by atoms with van der Waals surface area (Å²) in [6, 6.07) is 0.196. The monoisotopic (exact) mass is 331 g/mol. The van der Waals surface area contributed by atoms with Crippen molar-refractivity contribution in [2.45, 2.75) is 44.2 Å². The second-order valence-corrected chi connectivity index (χ2v) is 6.24. The van der Waals surface area contributed by atoms with Gasteiger partial charge in [-0.15, -0.1) is 12.4 Å². The van der Waals surface area contributed by atoms with Gasteiger partial charge in [-0.2, -0.15) is 0 Å². The molecule has 3 rings (SSSR count). The predicted octanol–water partition coefficient (Wildman–Crippen LogP) is 0.400. The zero-order valence-corrected chi connectivity index (χ0v) is 13.8. The van der Waals surface area contributed by atoms with Crippen LogP contribution in [0, 0.1) is 0 Å². The molecule has 2 amide bonds. The van der Waals surface area contributed by atoms with Crippen molar-refractivity contribution in [3.63, 3.8) is 0 Å². The smallest absolute Gasteiger partial charge is 0.236 e. The van der Waals surface area contributed by atoms with Crippen LogP contribution in [0.4, 0.5) is 0 Å². The van der Waals surface area contributed by atoms with Crippen LogP contribution in [-0.2, 0) is 14.3 Å². The Balaban J connectivity index is 0.00000176. The molecule has 0 spiro atoms. The number of nitrogens with one attached hydrogen (secondary N) is 1. The maximum absolute atomic E-state index is 12.4. The number of piperazine rings is 1. The minimum absolute atomic E-state index is 0. The van der Waals surface area contributed by atoms with Crippen LogP contribution in [0.15, 0.2) is 0 Å². The number of likely N-dealkylation sites (tertiary alicyclic amines) is 1. The Morgan fingerprint density at radius 2 is 2.14 bits per heavy atom. The highest BCUT2D eigenvalue weighted by molar-refractivity contribution is 5.85. The van der Waals surface area contributed by atoms with Gasteiger partial charge in [-0.05, 0) is 25.7 Å². The number of halogens is 1. The fourth-order valence-electron chi connectivity index (χ4n) is 3.57. The fourth-order valence-corrected chi connectivity index (χ4v) is 3.57. The van der Waals surface area contributed by atoms with Gasteiger partial charge >= 0.3 is 0 Å². The summed E-state index contributed by atoms with van der Waals surface area (Å²) in [5.41, 5.74) is 0. The Kier molecular flexibility index (Phi) is 6.47. The number of carbonyl (C=O) groups is 2. The first-order chi connectivity index (χ1) is 10.2. The lowest BCUT2D eigenvalue weighted by molar-refractivity contribution is -0.141. The quantitative estimate of drug-likeness (QED) is 0.813. The molecule has 7 heteroatoms. The van der Waals surface area contributed by atoms with E-state index in [1.807, 2.05) is 9.80 Å². The van der Waals surface area contributed by atoms with E-state index in [-0.39, 0.29) is 36.4 Å². The Hall–Kier alpha value is -0.850. The van der Waals surface area contributed by atoms with Gasteiger partial charge in [0.2, 0.25) is 11.8 Å². The lowest BCUT2D eigenvalue weighted by Crippen LogP contribution is -2.57. The molecule has 126 valence electrons. The molecule has 6 nitrogen and oxygen atoms in total. The van der Waals surface area contributed by atoms with Gasteiger partial charge in [0.15, 0.2) is 0 Å². The Labute approximate surface area is 137 Å². The third kappa shape index (κ3) is 4.12. The van der Waals surface area contributed by atoms with Crippen molar-refractivity contribution in [2.75, 3.05) is 39.3 Å². The number of carbonyl (C=O) groups excluding carboxylic acids is 2. The molecule has 3 aliphatic heterocycles. The summed E-state index contributed by atoms with van der Waals surface area (Å²) in [4.78, 5) is 28.3. The van der Waals surface area contributed by atoms with E-state index in [0.29, 0.717) is 19.5 Å². The predicted molar refractivity (Wildman–Crippen MR) is 85.0 cm³/mol. The number of amides is 2. The summed E-state index contributed by atoms with van der Waals surface area (Å²) in [7, 11) is 0. The topological polar surface area (TPSA) is 61.9 Å². The normalized spacial score (nSPS) is 29.4. The molecule has 3 heterocycles. The maximum Gasteiger partial charge on any atom is 0.236 e. The second kappa shape index (κ2) is 8.13. The van der Waals surface area contributed by atoms with Crippen LogP contribution >= 0.6 is 12.4 Å². The van der Waals surface area contributed by atoms with E-state index in [9.17, 15) is 9.59 Å². The largest absolute Gasteiger partial charge is 0.378 e. The molecule has 0 aromatic rings. The summed E-state index contributed by atoms with van der Waals surface area (Å²) < 4.78 is 5.55. The summed E-state index contributed by atoms with van der Waals surface area (Å²) in [5, 5.41) is 3.10. The highest BCUT2D eigenvalue weighted by Gasteiger charge is 2.32. The van der Waals surface area contributed by atoms with Crippen molar-refractivity contribution >= 4 is 24.2 Å². The van der Waals surface area contributed by atoms with E-state index in [0.717, 1.165) is 51.9 Å². The Morgan fingerprint density at radius 1 is 1.27 bits per heavy atom. The van der Waals surface area contributed by atoms with Gasteiger partial charge in [0.1, 0.15) is 0 Å². The van der Waals surface area contributed by atoms with Gasteiger partial charge in [0, 0.05) is 38.8 Å². The molecule has 0 aromatic carbocycles. The van der Waals surface area contributed by atoms with Crippen molar-refractivity contribution in [3.8, 4) is 0 Å². The lowest BCUT2D eigenvalue weighted by atomic mass is 10.0. The van der Waals surface area contributed by atoms with Crippen molar-refractivity contribution in [1.82, 2.24) is 15.1 Å². The van der Waals surface area contributed by atoms with Crippen molar-refractivity contribution < 1.29 is 14.3 Å². The lowest BCUT2D eigenvalue weighted by Gasteiger charge is -2.41. The van der Waals surface area contributed by atoms with Crippen LogP contribution in [0.1, 0.15) is 32.1 Å². The zero-order valence-electron chi connectivity index (χ0n) is 13.0. The van der Waals surface area contributed by atoms with Gasteiger partial charge in [-0.3, -0.25) is 9.59 Å². The molecule has 3 aliphatic rings. The molecule has 0 aromatic heterocycles. The van der Waals surface area contributed by atoms with Crippen LogP contribution in [0.3, 0.4) is 0 Å². The highest BCUT2D eigenvalue weighted by atomic mass is 35.5. The molecule has 0 saturated carbocycles. The van der Waals surface area contributed by atoms with Crippen molar-refractivity contribution in [3.05, 3.63) is 0 Å². The van der Waals surface area contributed by atoms with Crippen LogP contribution < -0.4 is 5.32 Å². The molecule has 3 fully saturated rings. The molecule has 0 radical (unpaired) electrons. The van der Waals surface area contributed by atoms with Gasteiger partial charge in [0.25, 0.3) is 0 Å². The zero-order chi connectivity index (χ0) is 14.7. The minimum Gasteiger partial charge on any atom is -0.378 e. The van der Waals surface area contributed by atoms with Crippen molar-refractivity contribution in [2.24, 2.45) is 0 Å². The molecule has 0 aliphatic carbocycles.